The fourth-order valence-electron chi connectivity index (χ4n) is 2.16. The Morgan fingerprint density at radius 3 is 2.58 bits per heavy atom. The highest BCUT2D eigenvalue weighted by Gasteiger charge is 2.25. The fourth-order valence-corrected chi connectivity index (χ4v) is 2.16. The van der Waals surface area contributed by atoms with Gasteiger partial charge in [0.25, 0.3) is 0 Å². The van der Waals surface area contributed by atoms with E-state index >= 15 is 0 Å². The van der Waals surface area contributed by atoms with E-state index in [1.165, 1.54) is 18.0 Å². The number of nitrogens with one attached hydrogen (secondary N) is 2. The van der Waals surface area contributed by atoms with E-state index in [2.05, 4.69) is 10.6 Å². The van der Waals surface area contributed by atoms with Crippen molar-refractivity contribution < 1.29 is 18.4 Å². The Bertz CT molecular complexity index is 671. The van der Waals surface area contributed by atoms with E-state index in [1.807, 2.05) is 0 Å². The Hall–Kier alpha value is -2.88. The molecular weight excluding hydrogens is 322 g/mol. The molecule has 0 bridgehead atoms. The molecule has 0 spiro atoms. The molecule has 1 aromatic carbocycles. The zero-order valence-electron chi connectivity index (χ0n) is 13.0. The molecular formula is C14H18F2N6O2. The predicted molar refractivity (Wildman–Crippen MR) is 84.3 cm³/mol. The standard InChI is InChI=1S/C14H18F2N6O2/c1-8(23)19-4-9(17)5-22(18)10-2-11(15)14(12(16)3-10)21-6-13(24)20-7-21/h2-3,5H,4,6-7,17-18H2,1H3,(H,19,23)(H,20,24)/b9-5-. The van der Waals surface area contributed by atoms with Crippen LogP contribution in [0, 0.1) is 11.6 Å². The third-order valence-electron chi connectivity index (χ3n) is 3.26. The smallest absolute Gasteiger partial charge is 0.240 e. The van der Waals surface area contributed by atoms with Crippen LogP contribution in [-0.2, 0) is 9.59 Å². The van der Waals surface area contributed by atoms with E-state index in [9.17, 15) is 18.4 Å². The first kappa shape index (κ1) is 17.5. The molecule has 0 aliphatic carbocycles. The van der Waals surface area contributed by atoms with Crippen molar-refractivity contribution in [3.8, 4) is 0 Å². The molecule has 1 aliphatic heterocycles. The summed E-state index contributed by atoms with van der Waals surface area (Å²) in [4.78, 5) is 23.2. The maximum absolute atomic E-state index is 14.2. The average molecular weight is 340 g/mol. The highest BCUT2D eigenvalue weighted by atomic mass is 19.1. The minimum Gasteiger partial charge on any atom is -0.399 e. The summed E-state index contributed by atoms with van der Waals surface area (Å²) < 4.78 is 28.5. The van der Waals surface area contributed by atoms with E-state index in [-0.39, 0.29) is 48.6 Å². The zero-order valence-corrected chi connectivity index (χ0v) is 13.0. The lowest BCUT2D eigenvalue weighted by molar-refractivity contribution is -0.119. The summed E-state index contributed by atoms with van der Waals surface area (Å²) in [6.45, 7) is 1.29. The number of nitrogens with two attached hydrogens (primary N) is 2. The molecule has 24 heavy (non-hydrogen) atoms. The Morgan fingerprint density at radius 2 is 2.08 bits per heavy atom. The summed E-state index contributed by atoms with van der Waals surface area (Å²) in [5.74, 6) is 3.42. The molecule has 2 amide bonds. The molecule has 1 heterocycles. The lowest BCUT2D eigenvalue weighted by Crippen LogP contribution is -2.31. The number of nitrogens with zero attached hydrogens (tertiary/aromatic N) is 2. The summed E-state index contributed by atoms with van der Waals surface area (Å²) in [6.07, 6.45) is 1.24. The predicted octanol–water partition coefficient (Wildman–Crippen LogP) is -0.525. The van der Waals surface area contributed by atoms with Gasteiger partial charge in [0.15, 0.2) is 11.6 Å². The van der Waals surface area contributed by atoms with Gasteiger partial charge in [-0.2, -0.15) is 0 Å². The van der Waals surface area contributed by atoms with Crippen molar-refractivity contribution in [1.29, 1.82) is 0 Å². The van der Waals surface area contributed by atoms with Gasteiger partial charge >= 0.3 is 0 Å². The first-order valence-electron chi connectivity index (χ1n) is 7.03. The Balaban J connectivity index is 2.18. The van der Waals surface area contributed by atoms with Gasteiger partial charge in [-0.25, -0.2) is 14.6 Å². The van der Waals surface area contributed by atoms with Crippen molar-refractivity contribution in [1.82, 2.24) is 10.6 Å². The lowest BCUT2D eigenvalue weighted by Gasteiger charge is -2.20. The van der Waals surface area contributed by atoms with Crippen molar-refractivity contribution in [2.45, 2.75) is 6.92 Å². The first-order chi connectivity index (χ1) is 11.3. The lowest BCUT2D eigenvalue weighted by atomic mass is 10.2. The van der Waals surface area contributed by atoms with Crippen LogP contribution in [0.2, 0.25) is 0 Å². The van der Waals surface area contributed by atoms with Gasteiger partial charge in [-0.15, -0.1) is 0 Å². The quantitative estimate of drug-likeness (QED) is 0.423. The largest absolute Gasteiger partial charge is 0.399 e. The van der Waals surface area contributed by atoms with Gasteiger partial charge in [0.1, 0.15) is 5.69 Å². The van der Waals surface area contributed by atoms with E-state index < -0.39 is 11.6 Å². The summed E-state index contributed by atoms with van der Waals surface area (Å²) in [6, 6.07) is 2.06. The number of anilines is 2. The molecule has 1 aromatic rings. The summed E-state index contributed by atoms with van der Waals surface area (Å²) >= 11 is 0. The number of benzene rings is 1. The molecule has 0 aromatic heterocycles. The number of carbonyl (C=O) groups is 2. The van der Waals surface area contributed by atoms with Gasteiger partial charge in [-0.1, -0.05) is 0 Å². The van der Waals surface area contributed by atoms with E-state index in [1.54, 1.807) is 0 Å². The molecule has 130 valence electrons. The summed E-state index contributed by atoms with van der Waals surface area (Å²) in [5, 5.41) is 5.88. The van der Waals surface area contributed by atoms with Crippen LogP contribution in [0.15, 0.2) is 24.0 Å². The Kier molecular flexibility index (Phi) is 5.19. The van der Waals surface area contributed by atoms with E-state index in [0.29, 0.717) is 0 Å². The molecule has 2 rings (SSSR count). The van der Waals surface area contributed by atoms with Crippen LogP contribution in [0.4, 0.5) is 20.2 Å². The summed E-state index contributed by atoms with van der Waals surface area (Å²) in [7, 11) is 0. The maximum atomic E-state index is 14.2. The van der Waals surface area contributed by atoms with E-state index in [4.69, 9.17) is 11.6 Å². The first-order valence-corrected chi connectivity index (χ1v) is 7.03. The van der Waals surface area contributed by atoms with Gasteiger partial charge in [0, 0.05) is 31.0 Å². The molecule has 10 heteroatoms. The van der Waals surface area contributed by atoms with Crippen molar-refractivity contribution in [2.24, 2.45) is 11.6 Å². The molecule has 0 radical (unpaired) electrons. The van der Waals surface area contributed by atoms with Gasteiger partial charge < -0.3 is 21.3 Å². The van der Waals surface area contributed by atoms with Gasteiger partial charge in [-0.05, 0) is 0 Å². The Labute approximate surface area is 137 Å². The number of hydrazine groups is 1. The number of halogens is 2. The van der Waals surface area contributed by atoms with Crippen LogP contribution < -0.4 is 32.1 Å². The SMILES string of the molecule is CC(=O)NC/C(N)=C/N(N)c1cc(F)c(N2CNC(=O)C2)c(F)c1. The highest BCUT2D eigenvalue weighted by molar-refractivity contribution is 5.84. The monoisotopic (exact) mass is 340 g/mol. The molecule has 1 fully saturated rings. The number of rotatable bonds is 5. The van der Waals surface area contributed by atoms with Gasteiger partial charge in [0.2, 0.25) is 11.8 Å². The molecule has 0 unspecified atom stereocenters. The number of hydrogen-bond acceptors (Lipinski definition) is 6. The van der Waals surface area contributed by atoms with Crippen molar-refractivity contribution in [3.05, 3.63) is 35.7 Å². The molecule has 0 saturated carbocycles. The second kappa shape index (κ2) is 7.13. The van der Waals surface area contributed by atoms with Crippen LogP contribution in [-0.4, -0.2) is 31.6 Å². The minimum atomic E-state index is -0.856. The minimum absolute atomic E-state index is 0.0259. The second-order valence-electron chi connectivity index (χ2n) is 5.24. The van der Waals surface area contributed by atoms with Crippen LogP contribution in [0.3, 0.4) is 0 Å². The van der Waals surface area contributed by atoms with E-state index in [0.717, 1.165) is 17.1 Å². The van der Waals surface area contributed by atoms with Gasteiger partial charge in [-0.3, -0.25) is 14.6 Å². The fraction of sp³-hybridized carbons (Fsp3) is 0.286. The maximum Gasteiger partial charge on any atom is 0.240 e. The topological polar surface area (TPSA) is 117 Å². The Morgan fingerprint density at radius 1 is 1.46 bits per heavy atom. The number of amides is 2. The number of hydrogen-bond donors (Lipinski definition) is 4. The number of carbonyl (C=O) groups excluding carboxylic acids is 2. The molecule has 6 N–H and O–H groups in total. The van der Waals surface area contributed by atoms with Crippen molar-refractivity contribution in [3.63, 3.8) is 0 Å². The average Bonchev–Trinajstić information content (AvgIpc) is 2.90. The second-order valence-corrected chi connectivity index (χ2v) is 5.24. The van der Waals surface area contributed by atoms with Gasteiger partial charge in [0.05, 0.1) is 25.4 Å². The van der Waals surface area contributed by atoms with Crippen LogP contribution >= 0.6 is 0 Å². The van der Waals surface area contributed by atoms with Crippen LogP contribution in [0.25, 0.3) is 0 Å². The van der Waals surface area contributed by atoms with Crippen LogP contribution in [0.1, 0.15) is 6.92 Å². The highest BCUT2D eigenvalue weighted by Crippen LogP contribution is 2.28. The van der Waals surface area contributed by atoms with Crippen molar-refractivity contribution >= 4 is 23.2 Å². The molecule has 0 atom stereocenters. The third kappa shape index (κ3) is 4.10. The zero-order chi connectivity index (χ0) is 17.9. The third-order valence-corrected chi connectivity index (χ3v) is 3.26. The van der Waals surface area contributed by atoms with Crippen molar-refractivity contribution in [2.75, 3.05) is 29.7 Å². The summed E-state index contributed by atoms with van der Waals surface area (Å²) in [5.41, 5.74) is 5.59. The molecule has 8 nitrogen and oxygen atoms in total. The molecule has 1 saturated heterocycles. The van der Waals surface area contributed by atoms with Crippen LogP contribution in [0.5, 0.6) is 0 Å². The molecule has 1 aliphatic rings. The normalized spacial score (nSPS) is 14.6.